The van der Waals surface area contributed by atoms with Crippen LogP contribution in [0, 0.1) is 0 Å². The number of nitrogens with one attached hydrogen (secondary N) is 1. The van der Waals surface area contributed by atoms with Gasteiger partial charge in [0.2, 0.25) is 0 Å². The van der Waals surface area contributed by atoms with Crippen molar-refractivity contribution in [3.05, 3.63) is 42.0 Å². The van der Waals surface area contributed by atoms with Gasteiger partial charge in [0.05, 0.1) is 0 Å². The predicted molar refractivity (Wildman–Crippen MR) is 76.1 cm³/mol. The van der Waals surface area contributed by atoms with Gasteiger partial charge in [-0.1, -0.05) is 24.3 Å². The summed E-state index contributed by atoms with van der Waals surface area (Å²) in [6.45, 7) is 5.99. The summed E-state index contributed by atoms with van der Waals surface area (Å²) < 4.78 is 6.00. The molecule has 0 aromatic heterocycles. The van der Waals surface area contributed by atoms with Crippen LogP contribution in [-0.2, 0) is 6.42 Å². The van der Waals surface area contributed by atoms with Gasteiger partial charge < -0.3 is 10.1 Å². The van der Waals surface area contributed by atoms with Gasteiger partial charge in [-0.25, -0.2) is 0 Å². The molecule has 1 aliphatic rings. The smallest absolute Gasteiger partial charge is 0.119 e. The Labute approximate surface area is 110 Å². The number of hydrogen-bond acceptors (Lipinski definition) is 2. The van der Waals surface area contributed by atoms with E-state index in [1.807, 2.05) is 7.05 Å². The van der Waals surface area contributed by atoms with Crippen LogP contribution in [0.15, 0.2) is 36.4 Å². The molecule has 1 N–H and O–H groups in total. The quantitative estimate of drug-likeness (QED) is 0.803. The van der Waals surface area contributed by atoms with E-state index in [2.05, 4.69) is 43.1 Å². The Morgan fingerprint density at radius 2 is 2.06 bits per heavy atom. The molecule has 2 unspecified atom stereocenters. The minimum atomic E-state index is 0.370. The van der Waals surface area contributed by atoms with Crippen LogP contribution in [0.3, 0.4) is 0 Å². The highest BCUT2D eigenvalue weighted by molar-refractivity contribution is 5.29. The van der Waals surface area contributed by atoms with Crippen molar-refractivity contribution in [1.29, 1.82) is 0 Å². The zero-order chi connectivity index (χ0) is 13.0. The number of benzene rings is 1. The van der Waals surface area contributed by atoms with Gasteiger partial charge in [0.1, 0.15) is 11.9 Å². The first-order valence-corrected chi connectivity index (χ1v) is 6.74. The van der Waals surface area contributed by atoms with E-state index in [0.717, 1.165) is 25.0 Å². The Morgan fingerprint density at radius 3 is 2.61 bits per heavy atom. The molecule has 2 nitrogen and oxygen atoms in total. The fourth-order valence-corrected chi connectivity index (χ4v) is 2.54. The summed E-state index contributed by atoms with van der Waals surface area (Å²) >= 11 is 0. The molecule has 0 spiro atoms. The number of ether oxygens (including phenoxy) is 1. The molecule has 1 aromatic carbocycles. The summed E-state index contributed by atoms with van der Waals surface area (Å²) in [6.07, 6.45) is 4.80. The lowest BCUT2D eigenvalue weighted by Crippen LogP contribution is -2.23. The second-order valence-corrected chi connectivity index (χ2v) is 5.32. The molecule has 0 heterocycles. The van der Waals surface area contributed by atoms with Crippen molar-refractivity contribution in [1.82, 2.24) is 5.32 Å². The maximum Gasteiger partial charge on any atom is 0.119 e. The van der Waals surface area contributed by atoms with Crippen molar-refractivity contribution in [3.63, 3.8) is 0 Å². The molecule has 0 saturated heterocycles. The fourth-order valence-electron chi connectivity index (χ4n) is 2.54. The first-order chi connectivity index (χ1) is 8.67. The van der Waals surface area contributed by atoms with Gasteiger partial charge in [-0.05, 0) is 57.4 Å². The van der Waals surface area contributed by atoms with E-state index in [0.29, 0.717) is 12.1 Å². The van der Waals surface area contributed by atoms with Crippen molar-refractivity contribution in [3.8, 4) is 5.75 Å². The normalized spacial score (nSPS) is 23.0. The highest BCUT2D eigenvalue weighted by Crippen LogP contribution is 2.25. The van der Waals surface area contributed by atoms with Crippen LogP contribution in [0.2, 0.25) is 0 Å². The van der Waals surface area contributed by atoms with Gasteiger partial charge in [0, 0.05) is 6.04 Å². The van der Waals surface area contributed by atoms with Crippen LogP contribution in [-0.4, -0.2) is 19.2 Å². The van der Waals surface area contributed by atoms with E-state index in [1.165, 1.54) is 17.6 Å². The summed E-state index contributed by atoms with van der Waals surface area (Å²) in [5.41, 5.74) is 2.49. The molecule has 1 aliphatic carbocycles. The van der Waals surface area contributed by atoms with Crippen LogP contribution < -0.4 is 10.1 Å². The van der Waals surface area contributed by atoms with Gasteiger partial charge in [0.15, 0.2) is 0 Å². The van der Waals surface area contributed by atoms with Crippen LogP contribution >= 0.6 is 0 Å². The molecule has 0 amide bonds. The van der Waals surface area contributed by atoms with E-state index in [9.17, 15) is 0 Å². The second kappa shape index (κ2) is 6.05. The third-order valence-electron chi connectivity index (χ3n) is 3.52. The van der Waals surface area contributed by atoms with Gasteiger partial charge in [-0.2, -0.15) is 0 Å². The van der Waals surface area contributed by atoms with E-state index in [4.69, 9.17) is 4.74 Å². The minimum absolute atomic E-state index is 0.370. The maximum absolute atomic E-state index is 6.00. The number of hydrogen-bond donors (Lipinski definition) is 1. The monoisotopic (exact) mass is 245 g/mol. The molecule has 2 rings (SSSR count). The van der Waals surface area contributed by atoms with Gasteiger partial charge in [-0.15, -0.1) is 0 Å². The van der Waals surface area contributed by atoms with Crippen molar-refractivity contribution >= 4 is 0 Å². The molecular formula is C16H23NO. The predicted octanol–water partition coefficient (Wildman–Crippen LogP) is 3.32. The maximum atomic E-state index is 6.00. The SMILES string of the molecule is C=C(C)Cc1ccc(OC2CCC(NC)C2)cc1. The Bertz CT molecular complexity index is 396. The van der Waals surface area contributed by atoms with Crippen molar-refractivity contribution in [2.75, 3.05) is 7.05 Å². The van der Waals surface area contributed by atoms with Crippen LogP contribution in [0.5, 0.6) is 5.75 Å². The van der Waals surface area contributed by atoms with E-state index < -0.39 is 0 Å². The third kappa shape index (κ3) is 3.61. The Hall–Kier alpha value is -1.28. The summed E-state index contributed by atoms with van der Waals surface area (Å²) in [5.74, 6) is 0.988. The van der Waals surface area contributed by atoms with Crippen LogP contribution in [0.25, 0.3) is 0 Å². The second-order valence-electron chi connectivity index (χ2n) is 5.32. The summed E-state index contributed by atoms with van der Waals surface area (Å²) in [7, 11) is 2.03. The molecule has 0 bridgehead atoms. The third-order valence-corrected chi connectivity index (χ3v) is 3.52. The Kier molecular flexibility index (Phi) is 4.43. The summed E-state index contributed by atoms with van der Waals surface area (Å²) in [5, 5.41) is 3.32. The lowest BCUT2D eigenvalue weighted by atomic mass is 10.1. The highest BCUT2D eigenvalue weighted by atomic mass is 16.5. The standard InChI is InChI=1S/C16H23NO/c1-12(2)10-13-4-7-15(8-5-13)18-16-9-6-14(11-16)17-3/h4-5,7-8,14,16-17H,1,6,9-11H2,2-3H3. The van der Waals surface area contributed by atoms with Crippen LogP contribution in [0.4, 0.5) is 0 Å². The zero-order valence-corrected chi connectivity index (χ0v) is 11.4. The molecule has 18 heavy (non-hydrogen) atoms. The Morgan fingerprint density at radius 1 is 1.33 bits per heavy atom. The van der Waals surface area contributed by atoms with E-state index in [-0.39, 0.29) is 0 Å². The van der Waals surface area contributed by atoms with Crippen molar-refractivity contribution < 1.29 is 4.74 Å². The van der Waals surface area contributed by atoms with Gasteiger partial charge in [0.25, 0.3) is 0 Å². The zero-order valence-electron chi connectivity index (χ0n) is 11.4. The molecule has 1 saturated carbocycles. The van der Waals surface area contributed by atoms with Crippen molar-refractivity contribution in [2.24, 2.45) is 0 Å². The van der Waals surface area contributed by atoms with Gasteiger partial charge in [-0.3, -0.25) is 0 Å². The number of rotatable bonds is 5. The largest absolute Gasteiger partial charge is 0.490 e. The average Bonchev–Trinajstić information content (AvgIpc) is 2.79. The molecule has 0 radical (unpaired) electrons. The molecule has 2 atom stereocenters. The number of allylic oxidation sites excluding steroid dienone is 1. The molecule has 98 valence electrons. The average molecular weight is 245 g/mol. The molecule has 1 aromatic rings. The first kappa shape index (κ1) is 13.2. The fraction of sp³-hybridized carbons (Fsp3) is 0.500. The van der Waals surface area contributed by atoms with E-state index >= 15 is 0 Å². The molecular weight excluding hydrogens is 222 g/mol. The Balaban J connectivity index is 1.88. The molecule has 1 fully saturated rings. The highest BCUT2D eigenvalue weighted by Gasteiger charge is 2.24. The van der Waals surface area contributed by atoms with Crippen molar-refractivity contribution in [2.45, 2.75) is 44.8 Å². The lowest BCUT2D eigenvalue weighted by molar-refractivity contribution is 0.206. The molecule has 0 aliphatic heterocycles. The lowest BCUT2D eigenvalue weighted by Gasteiger charge is -2.14. The van der Waals surface area contributed by atoms with Crippen LogP contribution in [0.1, 0.15) is 31.7 Å². The van der Waals surface area contributed by atoms with Gasteiger partial charge >= 0.3 is 0 Å². The topological polar surface area (TPSA) is 21.3 Å². The molecule has 2 heteroatoms. The summed E-state index contributed by atoms with van der Waals surface area (Å²) in [4.78, 5) is 0. The first-order valence-electron chi connectivity index (χ1n) is 6.74. The summed E-state index contributed by atoms with van der Waals surface area (Å²) in [6, 6.07) is 9.04. The minimum Gasteiger partial charge on any atom is -0.490 e. The van der Waals surface area contributed by atoms with E-state index in [1.54, 1.807) is 0 Å².